The molecule has 2 heterocycles. The van der Waals surface area contributed by atoms with Crippen LogP contribution in [0.2, 0.25) is 0 Å². The van der Waals surface area contributed by atoms with Crippen LogP contribution in [0.5, 0.6) is 0 Å². The van der Waals surface area contributed by atoms with Gasteiger partial charge in [0.1, 0.15) is 18.1 Å². The third-order valence-corrected chi connectivity index (χ3v) is 4.13. The van der Waals surface area contributed by atoms with Crippen LogP contribution in [0.4, 0.5) is 0 Å². The molecule has 0 amide bonds. The van der Waals surface area contributed by atoms with Crippen molar-refractivity contribution in [2.75, 3.05) is 6.61 Å². The van der Waals surface area contributed by atoms with Gasteiger partial charge in [0.2, 0.25) is 0 Å². The molecule has 0 aliphatic carbocycles. The van der Waals surface area contributed by atoms with E-state index in [9.17, 15) is 5.11 Å². The Bertz CT molecular complexity index is 491. The highest BCUT2D eigenvalue weighted by atomic mass is 32.1. The van der Waals surface area contributed by atoms with Crippen molar-refractivity contribution in [1.29, 1.82) is 0 Å². The Morgan fingerprint density at radius 1 is 1.20 bits per heavy atom. The van der Waals surface area contributed by atoms with Gasteiger partial charge in [0.25, 0.3) is 0 Å². The first-order chi connectivity index (χ1) is 9.76. The summed E-state index contributed by atoms with van der Waals surface area (Å²) in [7, 11) is 0. The first kappa shape index (κ1) is 15.3. The lowest BCUT2D eigenvalue weighted by atomic mass is 10.1. The third-order valence-electron chi connectivity index (χ3n) is 3.40. The van der Waals surface area contributed by atoms with E-state index >= 15 is 0 Å². The summed E-state index contributed by atoms with van der Waals surface area (Å²) in [5, 5.41) is 22.8. The molecule has 2 N–H and O–H groups in total. The molecule has 0 fully saturated rings. The van der Waals surface area contributed by atoms with E-state index in [1.165, 1.54) is 5.56 Å². The van der Waals surface area contributed by atoms with Crippen LogP contribution in [-0.2, 0) is 19.7 Å². The van der Waals surface area contributed by atoms with E-state index in [0.29, 0.717) is 12.3 Å². The van der Waals surface area contributed by atoms with Crippen molar-refractivity contribution < 1.29 is 14.6 Å². The van der Waals surface area contributed by atoms with Gasteiger partial charge in [-0.15, -0.1) is 0 Å². The average Bonchev–Trinajstić information content (AvgIpc) is 3.11. The number of hydrogen-bond acceptors (Lipinski definition) is 5. The monoisotopic (exact) mass is 295 g/mol. The molecule has 2 aromatic heterocycles. The fourth-order valence-corrected chi connectivity index (χ4v) is 2.89. The summed E-state index contributed by atoms with van der Waals surface area (Å²) in [5.74, 6) is 1.39. The molecule has 0 saturated heterocycles. The fourth-order valence-electron chi connectivity index (χ4n) is 2.23. The van der Waals surface area contributed by atoms with Crippen molar-refractivity contribution >= 4 is 11.3 Å². The quantitative estimate of drug-likeness (QED) is 0.786. The fraction of sp³-hybridized carbons (Fsp3) is 0.467. The summed E-state index contributed by atoms with van der Waals surface area (Å²) in [6, 6.07) is 5.88. The SMILES string of the molecule is CC[C@@H](CO)N(Cc1ccsc1)Cc1ccc(CO)o1. The second kappa shape index (κ2) is 7.59. The van der Waals surface area contributed by atoms with Gasteiger partial charge in [-0.05, 0) is 40.9 Å². The third kappa shape index (κ3) is 3.93. The molecule has 0 aliphatic rings. The number of thiophene rings is 1. The van der Waals surface area contributed by atoms with Crippen LogP contribution in [0.15, 0.2) is 33.4 Å². The van der Waals surface area contributed by atoms with Gasteiger partial charge in [-0.2, -0.15) is 11.3 Å². The van der Waals surface area contributed by atoms with Crippen LogP contribution in [0.3, 0.4) is 0 Å². The Morgan fingerprint density at radius 2 is 2.00 bits per heavy atom. The normalized spacial score (nSPS) is 13.0. The second-order valence-corrected chi connectivity index (χ2v) is 5.59. The molecule has 0 saturated carbocycles. The van der Waals surface area contributed by atoms with Crippen molar-refractivity contribution in [1.82, 2.24) is 4.90 Å². The maximum absolute atomic E-state index is 9.54. The zero-order valence-electron chi connectivity index (χ0n) is 11.7. The number of rotatable bonds is 8. The minimum Gasteiger partial charge on any atom is -0.462 e. The van der Waals surface area contributed by atoms with Crippen LogP contribution in [0, 0.1) is 0 Å². The second-order valence-electron chi connectivity index (χ2n) is 4.81. The molecule has 2 aromatic rings. The lowest BCUT2D eigenvalue weighted by Gasteiger charge is -2.28. The molecular formula is C15H21NO3S. The summed E-state index contributed by atoms with van der Waals surface area (Å²) in [5.41, 5.74) is 1.25. The minimum absolute atomic E-state index is 0.0816. The molecule has 1 atom stereocenters. The van der Waals surface area contributed by atoms with E-state index in [0.717, 1.165) is 18.7 Å². The molecule has 20 heavy (non-hydrogen) atoms. The Balaban J connectivity index is 2.08. The van der Waals surface area contributed by atoms with E-state index in [4.69, 9.17) is 9.52 Å². The molecule has 110 valence electrons. The molecule has 0 radical (unpaired) electrons. The molecule has 0 bridgehead atoms. The summed E-state index contributed by atoms with van der Waals surface area (Å²) in [6.07, 6.45) is 0.883. The summed E-state index contributed by atoms with van der Waals surface area (Å²) < 4.78 is 5.55. The molecule has 2 rings (SSSR count). The van der Waals surface area contributed by atoms with Crippen LogP contribution in [0.1, 0.15) is 30.4 Å². The molecule has 5 heteroatoms. The van der Waals surface area contributed by atoms with E-state index in [2.05, 4.69) is 28.7 Å². The van der Waals surface area contributed by atoms with Gasteiger partial charge in [0.05, 0.1) is 13.2 Å². The molecule has 4 nitrogen and oxygen atoms in total. The van der Waals surface area contributed by atoms with Gasteiger partial charge >= 0.3 is 0 Å². The molecule has 0 aliphatic heterocycles. The maximum Gasteiger partial charge on any atom is 0.129 e. The number of nitrogens with zero attached hydrogens (tertiary/aromatic N) is 1. The Labute approximate surface area is 123 Å². The van der Waals surface area contributed by atoms with Gasteiger partial charge in [0.15, 0.2) is 0 Å². The number of hydrogen-bond donors (Lipinski definition) is 2. The topological polar surface area (TPSA) is 56.8 Å². The molecule has 0 spiro atoms. The van der Waals surface area contributed by atoms with E-state index in [1.54, 1.807) is 17.4 Å². The summed E-state index contributed by atoms with van der Waals surface area (Å²) in [6.45, 7) is 3.55. The number of aliphatic hydroxyl groups excluding tert-OH is 2. The highest BCUT2D eigenvalue weighted by Crippen LogP contribution is 2.18. The maximum atomic E-state index is 9.54. The molecular weight excluding hydrogens is 274 g/mol. The Hall–Kier alpha value is -1.14. The molecule has 0 aromatic carbocycles. The van der Waals surface area contributed by atoms with Crippen LogP contribution < -0.4 is 0 Å². The predicted octanol–water partition coefficient (Wildman–Crippen LogP) is 2.61. The van der Waals surface area contributed by atoms with Crippen molar-refractivity contribution in [2.45, 2.75) is 39.1 Å². The van der Waals surface area contributed by atoms with Gasteiger partial charge in [-0.1, -0.05) is 6.92 Å². The van der Waals surface area contributed by atoms with Gasteiger partial charge in [0, 0.05) is 12.6 Å². The van der Waals surface area contributed by atoms with Crippen molar-refractivity contribution in [3.05, 3.63) is 46.0 Å². The first-order valence-electron chi connectivity index (χ1n) is 6.81. The highest BCUT2D eigenvalue weighted by Gasteiger charge is 2.18. The largest absolute Gasteiger partial charge is 0.462 e. The first-order valence-corrected chi connectivity index (χ1v) is 7.75. The lowest BCUT2D eigenvalue weighted by Crippen LogP contribution is -2.36. The van der Waals surface area contributed by atoms with E-state index in [-0.39, 0.29) is 19.3 Å². The van der Waals surface area contributed by atoms with Crippen molar-refractivity contribution in [3.8, 4) is 0 Å². The van der Waals surface area contributed by atoms with Crippen LogP contribution >= 0.6 is 11.3 Å². The van der Waals surface area contributed by atoms with Crippen LogP contribution in [0.25, 0.3) is 0 Å². The number of aliphatic hydroxyl groups is 2. The standard InChI is InChI=1S/C15H21NO3S/c1-2-13(9-17)16(7-12-5-6-20-11-12)8-14-3-4-15(10-18)19-14/h3-6,11,13,17-18H,2,7-10H2,1H3/t13-/m0/s1. The summed E-state index contributed by atoms with van der Waals surface area (Å²) >= 11 is 1.68. The number of furan rings is 1. The molecule has 0 unspecified atom stereocenters. The van der Waals surface area contributed by atoms with Crippen LogP contribution in [-0.4, -0.2) is 27.8 Å². The van der Waals surface area contributed by atoms with E-state index < -0.39 is 0 Å². The zero-order valence-corrected chi connectivity index (χ0v) is 12.5. The smallest absolute Gasteiger partial charge is 0.129 e. The predicted molar refractivity (Wildman–Crippen MR) is 79.4 cm³/mol. The van der Waals surface area contributed by atoms with Gasteiger partial charge in [-0.25, -0.2) is 0 Å². The van der Waals surface area contributed by atoms with Crippen molar-refractivity contribution in [2.24, 2.45) is 0 Å². The average molecular weight is 295 g/mol. The Morgan fingerprint density at radius 3 is 2.55 bits per heavy atom. The lowest BCUT2D eigenvalue weighted by molar-refractivity contribution is 0.0986. The summed E-state index contributed by atoms with van der Waals surface area (Å²) in [4.78, 5) is 2.21. The zero-order chi connectivity index (χ0) is 14.4. The van der Waals surface area contributed by atoms with Crippen molar-refractivity contribution in [3.63, 3.8) is 0 Å². The van der Waals surface area contributed by atoms with Gasteiger partial charge < -0.3 is 14.6 Å². The van der Waals surface area contributed by atoms with Gasteiger partial charge in [-0.3, -0.25) is 4.90 Å². The minimum atomic E-state index is -0.0816. The Kier molecular flexibility index (Phi) is 5.79. The highest BCUT2D eigenvalue weighted by molar-refractivity contribution is 7.07. The van der Waals surface area contributed by atoms with E-state index in [1.807, 2.05) is 6.07 Å².